The summed E-state index contributed by atoms with van der Waals surface area (Å²) in [5.74, 6) is 2.34. The monoisotopic (exact) mass is 484 g/mol. The van der Waals surface area contributed by atoms with Crippen molar-refractivity contribution in [2.45, 2.75) is 51.8 Å². The Balaban J connectivity index is 1.41. The molecule has 166 valence electrons. The van der Waals surface area contributed by atoms with Crippen molar-refractivity contribution in [3.05, 3.63) is 75.0 Å². The van der Waals surface area contributed by atoms with Gasteiger partial charge >= 0.3 is 0 Å². The molecule has 0 saturated carbocycles. The van der Waals surface area contributed by atoms with Crippen LogP contribution in [0, 0.1) is 20.8 Å². The number of thioether (sulfide) groups is 1. The fraction of sp³-hybridized carbons (Fsp3) is 0.292. The Kier molecular flexibility index (Phi) is 7.18. The van der Waals surface area contributed by atoms with Gasteiger partial charge in [0.1, 0.15) is 17.4 Å². The number of hydrogen-bond acceptors (Lipinski definition) is 6. The predicted molar refractivity (Wildman–Crippen MR) is 133 cm³/mol. The van der Waals surface area contributed by atoms with Gasteiger partial charge in [-0.2, -0.15) is 0 Å². The second-order valence-electron chi connectivity index (χ2n) is 7.60. The van der Waals surface area contributed by atoms with Gasteiger partial charge in [0.25, 0.3) is 0 Å². The minimum atomic E-state index is 0.357. The van der Waals surface area contributed by atoms with Crippen LogP contribution in [0.25, 0.3) is 10.6 Å². The maximum atomic E-state index is 6.26. The number of thiazole rings is 1. The second kappa shape index (κ2) is 10.1. The van der Waals surface area contributed by atoms with Crippen molar-refractivity contribution in [3.63, 3.8) is 0 Å². The van der Waals surface area contributed by atoms with Crippen molar-refractivity contribution < 1.29 is 4.74 Å². The van der Waals surface area contributed by atoms with Crippen molar-refractivity contribution in [1.82, 2.24) is 19.7 Å². The lowest BCUT2D eigenvalue weighted by molar-refractivity contribution is 0.288. The van der Waals surface area contributed by atoms with E-state index in [1.54, 1.807) is 23.1 Å². The van der Waals surface area contributed by atoms with Gasteiger partial charge in [-0.15, -0.1) is 21.5 Å². The van der Waals surface area contributed by atoms with Gasteiger partial charge < -0.3 is 9.30 Å². The zero-order valence-electron chi connectivity index (χ0n) is 18.6. The molecule has 0 aliphatic carbocycles. The number of hydrogen-bond donors (Lipinski definition) is 0. The van der Waals surface area contributed by atoms with E-state index in [0.29, 0.717) is 6.61 Å². The largest absolute Gasteiger partial charge is 0.486 e. The summed E-state index contributed by atoms with van der Waals surface area (Å²) in [6.07, 6.45) is 0. The van der Waals surface area contributed by atoms with Crippen molar-refractivity contribution in [2.24, 2.45) is 0 Å². The molecule has 0 aliphatic heterocycles. The first-order valence-corrected chi connectivity index (χ1v) is 12.6. The Labute approximate surface area is 201 Å². The van der Waals surface area contributed by atoms with Gasteiger partial charge in [0, 0.05) is 28.3 Å². The molecule has 2 heterocycles. The Bertz CT molecular complexity index is 1190. The third-order valence-corrected chi connectivity index (χ3v) is 7.62. The SMILES string of the molecule is CCn1c(COc2cc(C)c(Cl)c(C)c2)nnc1SCc1csc(-c2ccc(C)cc2)n1. The number of rotatable bonds is 8. The number of halogens is 1. The first-order valence-electron chi connectivity index (χ1n) is 10.4. The minimum Gasteiger partial charge on any atom is -0.486 e. The molecule has 5 nitrogen and oxygen atoms in total. The predicted octanol–water partition coefficient (Wildman–Crippen LogP) is 6.87. The highest BCUT2D eigenvalue weighted by molar-refractivity contribution is 7.98. The molecule has 0 radical (unpaired) electrons. The first kappa shape index (κ1) is 22.8. The van der Waals surface area contributed by atoms with Crippen LogP contribution < -0.4 is 4.74 Å². The minimum absolute atomic E-state index is 0.357. The quantitative estimate of drug-likeness (QED) is 0.255. The first-order chi connectivity index (χ1) is 15.4. The maximum absolute atomic E-state index is 6.26. The Morgan fingerprint density at radius 3 is 2.47 bits per heavy atom. The average molecular weight is 485 g/mol. The lowest BCUT2D eigenvalue weighted by atomic mass is 10.1. The van der Waals surface area contributed by atoms with Crippen molar-refractivity contribution in [2.75, 3.05) is 0 Å². The summed E-state index contributed by atoms with van der Waals surface area (Å²) in [7, 11) is 0. The fourth-order valence-corrected chi connectivity index (χ4v) is 5.28. The number of nitrogens with zero attached hydrogens (tertiary/aromatic N) is 4. The zero-order chi connectivity index (χ0) is 22.7. The molecule has 32 heavy (non-hydrogen) atoms. The summed E-state index contributed by atoms with van der Waals surface area (Å²) in [4.78, 5) is 4.79. The highest BCUT2D eigenvalue weighted by Gasteiger charge is 2.14. The van der Waals surface area contributed by atoms with Gasteiger partial charge in [0.2, 0.25) is 0 Å². The van der Waals surface area contributed by atoms with Gasteiger partial charge in [0.05, 0.1) is 5.69 Å². The summed E-state index contributed by atoms with van der Waals surface area (Å²) in [5.41, 5.74) is 5.46. The molecule has 0 spiro atoms. The molecule has 4 rings (SSSR count). The summed E-state index contributed by atoms with van der Waals surface area (Å²) >= 11 is 9.57. The molecule has 2 aromatic carbocycles. The van der Waals surface area contributed by atoms with E-state index in [2.05, 4.69) is 58.3 Å². The van der Waals surface area contributed by atoms with E-state index in [9.17, 15) is 0 Å². The van der Waals surface area contributed by atoms with Gasteiger partial charge in [0.15, 0.2) is 11.0 Å². The van der Waals surface area contributed by atoms with E-state index in [-0.39, 0.29) is 0 Å². The third kappa shape index (κ3) is 5.17. The Hall–Kier alpha value is -2.35. The second-order valence-corrected chi connectivity index (χ2v) is 9.78. The molecule has 4 aromatic rings. The van der Waals surface area contributed by atoms with Crippen LogP contribution in [0.2, 0.25) is 5.02 Å². The van der Waals surface area contributed by atoms with Crippen LogP contribution in [0.15, 0.2) is 46.9 Å². The standard InChI is InChI=1S/C24H25ClN4OS2/c1-5-29-21(12-30-20-10-16(3)22(25)17(4)11-20)27-28-24(29)32-14-19-13-31-23(26-19)18-8-6-15(2)7-9-18/h6-11,13H,5,12,14H2,1-4H3. The van der Waals surface area contributed by atoms with Crippen LogP contribution in [0.1, 0.15) is 35.1 Å². The van der Waals surface area contributed by atoms with Gasteiger partial charge in [-0.25, -0.2) is 4.98 Å². The van der Waals surface area contributed by atoms with E-state index in [1.807, 2.05) is 26.0 Å². The highest BCUT2D eigenvalue weighted by atomic mass is 35.5. The third-order valence-electron chi connectivity index (χ3n) is 5.09. The van der Waals surface area contributed by atoms with Crippen LogP contribution in [0.5, 0.6) is 5.75 Å². The molecule has 2 aromatic heterocycles. The van der Waals surface area contributed by atoms with Crippen LogP contribution in [-0.2, 0) is 18.9 Å². The fourth-order valence-electron chi connectivity index (χ4n) is 3.33. The number of benzene rings is 2. The van der Waals surface area contributed by atoms with Crippen LogP contribution in [0.3, 0.4) is 0 Å². The van der Waals surface area contributed by atoms with Gasteiger partial charge in [-0.1, -0.05) is 53.2 Å². The molecule has 0 aliphatic rings. The maximum Gasteiger partial charge on any atom is 0.191 e. The zero-order valence-corrected chi connectivity index (χ0v) is 20.9. The Morgan fingerprint density at radius 2 is 1.78 bits per heavy atom. The van der Waals surface area contributed by atoms with E-state index < -0.39 is 0 Å². The number of ether oxygens (including phenoxy) is 1. The molecule has 0 N–H and O–H groups in total. The van der Waals surface area contributed by atoms with Crippen LogP contribution >= 0.6 is 34.7 Å². The van der Waals surface area contributed by atoms with Crippen molar-refractivity contribution in [3.8, 4) is 16.3 Å². The highest BCUT2D eigenvalue weighted by Crippen LogP contribution is 2.29. The topological polar surface area (TPSA) is 52.8 Å². The van der Waals surface area contributed by atoms with E-state index in [0.717, 1.165) is 61.4 Å². The lowest BCUT2D eigenvalue weighted by Gasteiger charge is -2.11. The summed E-state index contributed by atoms with van der Waals surface area (Å²) in [6, 6.07) is 12.4. The molecule has 0 saturated heterocycles. The van der Waals surface area contributed by atoms with E-state index in [1.165, 1.54) is 5.56 Å². The molecule has 0 fully saturated rings. The molecular formula is C24H25ClN4OS2. The molecule has 0 unspecified atom stereocenters. The van der Waals surface area contributed by atoms with E-state index >= 15 is 0 Å². The lowest BCUT2D eigenvalue weighted by Crippen LogP contribution is -2.07. The number of aromatic nitrogens is 4. The summed E-state index contributed by atoms with van der Waals surface area (Å²) in [6.45, 7) is 9.28. The Morgan fingerprint density at radius 1 is 1.06 bits per heavy atom. The molecule has 0 atom stereocenters. The van der Waals surface area contributed by atoms with Crippen LogP contribution in [-0.4, -0.2) is 19.7 Å². The van der Waals surface area contributed by atoms with Crippen LogP contribution in [0.4, 0.5) is 0 Å². The molecule has 0 bridgehead atoms. The summed E-state index contributed by atoms with van der Waals surface area (Å²) in [5, 5.41) is 13.6. The normalized spacial score (nSPS) is 11.2. The molecule has 0 amide bonds. The van der Waals surface area contributed by atoms with Gasteiger partial charge in [-0.3, -0.25) is 0 Å². The average Bonchev–Trinajstić information content (AvgIpc) is 3.41. The summed E-state index contributed by atoms with van der Waals surface area (Å²) < 4.78 is 8.08. The smallest absolute Gasteiger partial charge is 0.191 e. The molecular weight excluding hydrogens is 460 g/mol. The number of aryl methyl sites for hydroxylation is 3. The van der Waals surface area contributed by atoms with Gasteiger partial charge in [-0.05, 0) is 51.0 Å². The van der Waals surface area contributed by atoms with Crippen molar-refractivity contribution in [1.29, 1.82) is 0 Å². The molecule has 8 heteroatoms. The van der Waals surface area contributed by atoms with E-state index in [4.69, 9.17) is 21.3 Å². The van der Waals surface area contributed by atoms with Crippen molar-refractivity contribution >= 4 is 34.7 Å².